The molecule has 1 N–H and O–H groups in total. The SMILES string of the molecule is CO/N=C1\CCNC(C2C[C@@H](C)[C@H]3C[C@@H]2C3(C)C)C1. The minimum Gasteiger partial charge on any atom is -0.399 e. The van der Waals surface area contributed by atoms with Gasteiger partial charge in [-0.1, -0.05) is 25.9 Å². The standard InChI is InChI=1S/C16H28N2O/c1-10-7-12(14-9-13(10)16(14,2)3)15-8-11(18-19-4)5-6-17-15/h10,12-15,17H,5-9H2,1-4H3/b18-11+/t10-,12?,13-,14+,15?/m1/s1. The summed E-state index contributed by atoms with van der Waals surface area (Å²) in [6, 6.07) is 0.621. The summed E-state index contributed by atoms with van der Waals surface area (Å²) < 4.78 is 0. The number of piperidine rings is 1. The van der Waals surface area contributed by atoms with E-state index in [1.807, 2.05) is 0 Å². The molecule has 4 fully saturated rings. The van der Waals surface area contributed by atoms with E-state index in [0.717, 1.165) is 43.1 Å². The molecule has 3 aliphatic carbocycles. The number of rotatable bonds is 2. The van der Waals surface area contributed by atoms with Gasteiger partial charge in [0.15, 0.2) is 0 Å². The third-order valence-electron chi connectivity index (χ3n) is 6.28. The zero-order valence-corrected chi connectivity index (χ0v) is 12.8. The Hall–Kier alpha value is -0.570. The summed E-state index contributed by atoms with van der Waals surface area (Å²) in [5.41, 5.74) is 1.80. The molecule has 0 amide bonds. The quantitative estimate of drug-likeness (QED) is 0.778. The van der Waals surface area contributed by atoms with E-state index in [-0.39, 0.29) is 0 Å². The first kappa shape index (κ1) is 13.4. The highest BCUT2D eigenvalue weighted by Gasteiger charge is 2.58. The zero-order valence-electron chi connectivity index (χ0n) is 12.8. The first-order valence-corrected chi connectivity index (χ1v) is 7.86. The van der Waals surface area contributed by atoms with Crippen molar-refractivity contribution in [1.82, 2.24) is 5.32 Å². The van der Waals surface area contributed by atoms with Gasteiger partial charge in [-0.3, -0.25) is 0 Å². The van der Waals surface area contributed by atoms with Crippen molar-refractivity contribution < 1.29 is 4.84 Å². The van der Waals surface area contributed by atoms with Crippen LogP contribution in [0, 0.1) is 29.1 Å². The van der Waals surface area contributed by atoms with Crippen molar-refractivity contribution in [3.05, 3.63) is 0 Å². The molecule has 3 saturated carbocycles. The Bertz CT molecular complexity index is 377. The average Bonchev–Trinajstić information content (AvgIpc) is 2.38. The lowest BCUT2D eigenvalue weighted by Gasteiger charge is -2.64. The van der Waals surface area contributed by atoms with Crippen LogP contribution >= 0.6 is 0 Å². The van der Waals surface area contributed by atoms with E-state index in [2.05, 4.69) is 31.2 Å². The van der Waals surface area contributed by atoms with Crippen molar-refractivity contribution in [3.63, 3.8) is 0 Å². The second-order valence-electron chi connectivity index (χ2n) is 7.50. The van der Waals surface area contributed by atoms with Crippen LogP contribution in [-0.2, 0) is 4.84 Å². The molecule has 4 rings (SSSR count). The van der Waals surface area contributed by atoms with Gasteiger partial charge in [0.25, 0.3) is 0 Å². The fourth-order valence-electron chi connectivity index (χ4n) is 5.23. The highest BCUT2D eigenvalue weighted by molar-refractivity contribution is 5.85. The summed E-state index contributed by atoms with van der Waals surface area (Å²) in [4.78, 5) is 4.98. The summed E-state index contributed by atoms with van der Waals surface area (Å²) in [7, 11) is 1.66. The summed E-state index contributed by atoms with van der Waals surface area (Å²) in [5.74, 6) is 3.59. The predicted molar refractivity (Wildman–Crippen MR) is 78.1 cm³/mol. The minimum absolute atomic E-state index is 0.556. The molecule has 1 saturated heterocycles. The molecule has 1 heterocycles. The van der Waals surface area contributed by atoms with E-state index in [1.165, 1.54) is 18.6 Å². The van der Waals surface area contributed by atoms with Crippen LogP contribution in [0.1, 0.15) is 46.5 Å². The molecule has 108 valence electrons. The van der Waals surface area contributed by atoms with Gasteiger partial charge < -0.3 is 10.2 Å². The Balaban J connectivity index is 1.73. The first-order chi connectivity index (χ1) is 9.04. The molecule has 19 heavy (non-hydrogen) atoms. The van der Waals surface area contributed by atoms with Gasteiger partial charge in [0, 0.05) is 25.4 Å². The second-order valence-corrected chi connectivity index (χ2v) is 7.50. The monoisotopic (exact) mass is 264 g/mol. The number of hydrogen-bond donors (Lipinski definition) is 1. The summed E-state index contributed by atoms with van der Waals surface area (Å²) in [6.45, 7) is 8.50. The maximum Gasteiger partial charge on any atom is 0.106 e. The van der Waals surface area contributed by atoms with Crippen LogP contribution < -0.4 is 5.32 Å². The molecule has 4 aliphatic rings. The number of fused-ring (bicyclic) bond motifs is 2. The van der Waals surface area contributed by atoms with Crippen LogP contribution in [0.4, 0.5) is 0 Å². The Morgan fingerprint density at radius 3 is 2.68 bits per heavy atom. The molecule has 3 heteroatoms. The molecule has 1 aliphatic heterocycles. The van der Waals surface area contributed by atoms with Gasteiger partial charge in [0.1, 0.15) is 7.11 Å². The van der Waals surface area contributed by atoms with Gasteiger partial charge in [-0.2, -0.15) is 0 Å². The third kappa shape index (κ3) is 2.10. The van der Waals surface area contributed by atoms with Crippen molar-refractivity contribution >= 4 is 5.71 Å². The summed E-state index contributed by atoms with van der Waals surface area (Å²) in [6.07, 6.45) is 4.98. The smallest absolute Gasteiger partial charge is 0.106 e. The van der Waals surface area contributed by atoms with E-state index < -0.39 is 0 Å². The van der Waals surface area contributed by atoms with Gasteiger partial charge in [-0.25, -0.2) is 0 Å². The molecule has 0 radical (unpaired) electrons. The number of nitrogens with zero attached hydrogens (tertiary/aromatic N) is 1. The van der Waals surface area contributed by atoms with Crippen molar-refractivity contribution in [2.75, 3.05) is 13.7 Å². The normalized spacial score (nSPS) is 46.7. The fourth-order valence-corrected chi connectivity index (χ4v) is 5.23. The van der Waals surface area contributed by atoms with Crippen LogP contribution in [0.5, 0.6) is 0 Å². The van der Waals surface area contributed by atoms with E-state index in [9.17, 15) is 0 Å². The number of hydrogen-bond acceptors (Lipinski definition) is 3. The zero-order chi connectivity index (χ0) is 13.6. The van der Waals surface area contributed by atoms with Crippen LogP contribution in [-0.4, -0.2) is 25.4 Å². The lowest BCUT2D eigenvalue weighted by Crippen LogP contribution is -2.61. The molecule has 3 nitrogen and oxygen atoms in total. The van der Waals surface area contributed by atoms with Gasteiger partial charge in [0.2, 0.25) is 0 Å². The van der Waals surface area contributed by atoms with Crippen LogP contribution in [0.2, 0.25) is 0 Å². The van der Waals surface area contributed by atoms with Gasteiger partial charge >= 0.3 is 0 Å². The van der Waals surface area contributed by atoms with E-state index in [4.69, 9.17) is 4.84 Å². The maximum absolute atomic E-state index is 4.98. The topological polar surface area (TPSA) is 33.6 Å². The highest BCUT2D eigenvalue weighted by atomic mass is 16.6. The van der Waals surface area contributed by atoms with Crippen LogP contribution in [0.15, 0.2) is 5.16 Å². The van der Waals surface area contributed by atoms with Crippen molar-refractivity contribution in [2.24, 2.45) is 34.2 Å². The van der Waals surface area contributed by atoms with Crippen molar-refractivity contribution in [3.8, 4) is 0 Å². The lowest BCUT2D eigenvalue weighted by molar-refractivity contribution is -0.145. The van der Waals surface area contributed by atoms with Gasteiger partial charge in [-0.05, 0) is 41.9 Å². The van der Waals surface area contributed by atoms with Crippen molar-refractivity contribution in [1.29, 1.82) is 0 Å². The Labute approximate surface area is 117 Å². The van der Waals surface area contributed by atoms with Gasteiger partial charge in [0.05, 0.1) is 5.71 Å². The minimum atomic E-state index is 0.556. The molecule has 0 aromatic carbocycles. The maximum atomic E-state index is 4.98. The molecule has 0 aromatic heterocycles. The first-order valence-electron chi connectivity index (χ1n) is 7.86. The van der Waals surface area contributed by atoms with Crippen molar-refractivity contribution in [2.45, 2.75) is 52.5 Å². The second kappa shape index (κ2) is 4.76. The van der Waals surface area contributed by atoms with E-state index in [0.29, 0.717) is 11.5 Å². The van der Waals surface area contributed by atoms with Gasteiger partial charge in [-0.15, -0.1) is 0 Å². The van der Waals surface area contributed by atoms with Crippen LogP contribution in [0.25, 0.3) is 0 Å². The molecule has 0 aromatic rings. The summed E-state index contributed by atoms with van der Waals surface area (Å²) in [5, 5.41) is 7.95. The molecule has 2 unspecified atom stereocenters. The average molecular weight is 264 g/mol. The van der Waals surface area contributed by atoms with E-state index >= 15 is 0 Å². The molecule has 0 spiro atoms. The molecule has 5 atom stereocenters. The molecular weight excluding hydrogens is 236 g/mol. The molecular formula is C16H28N2O. The largest absolute Gasteiger partial charge is 0.399 e. The number of nitrogens with one attached hydrogen (secondary N) is 1. The Morgan fingerprint density at radius 1 is 1.26 bits per heavy atom. The lowest BCUT2D eigenvalue weighted by atomic mass is 9.41. The van der Waals surface area contributed by atoms with E-state index in [1.54, 1.807) is 7.11 Å². The highest BCUT2D eigenvalue weighted by Crippen LogP contribution is 2.64. The Kier molecular flexibility index (Phi) is 3.36. The summed E-state index contributed by atoms with van der Waals surface area (Å²) >= 11 is 0. The number of oxime groups is 1. The fraction of sp³-hybridized carbons (Fsp3) is 0.938. The molecule has 2 bridgehead atoms. The Morgan fingerprint density at radius 2 is 2.05 bits per heavy atom. The third-order valence-corrected chi connectivity index (χ3v) is 6.28. The van der Waals surface area contributed by atoms with Crippen LogP contribution in [0.3, 0.4) is 0 Å². The predicted octanol–water partition coefficient (Wildman–Crippen LogP) is 3.06.